The van der Waals surface area contributed by atoms with E-state index in [1.165, 1.54) is 7.05 Å². The van der Waals surface area contributed by atoms with Crippen LogP contribution in [0.25, 0.3) is 0 Å². The minimum Gasteiger partial charge on any atom is -0.341 e. The summed E-state index contributed by atoms with van der Waals surface area (Å²) in [5, 5.41) is 7.56. The van der Waals surface area contributed by atoms with Crippen molar-refractivity contribution in [2.75, 3.05) is 7.05 Å². The van der Waals surface area contributed by atoms with Crippen molar-refractivity contribution < 1.29 is 9.59 Å². The molecule has 0 aliphatic heterocycles. The van der Waals surface area contributed by atoms with Crippen LogP contribution < -0.4 is 16.0 Å². The molecule has 0 aliphatic rings. The lowest BCUT2D eigenvalue weighted by atomic mass is 10.2. The molecule has 0 aliphatic carbocycles. The van der Waals surface area contributed by atoms with Gasteiger partial charge >= 0.3 is 6.03 Å². The van der Waals surface area contributed by atoms with Crippen LogP contribution in [0.5, 0.6) is 0 Å². The monoisotopic (exact) mass is 213 g/mol. The van der Waals surface area contributed by atoms with Crippen LogP contribution in [0.15, 0.2) is 12.7 Å². The molecule has 0 radical (unpaired) electrons. The molecule has 3 N–H and O–H groups in total. The molecule has 15 heavy (non-hydrogen) atoms. The van der Waals surface area contributed by atoms with Crippen molar-refractivity contribution in [2.45, 2.75) is 32.4 Å². The van der Waals surface area contributed by atoms with Crippen LogP contribution in [0.1, 0.15) is 20.3 Å². The van der Waals surface area contributed by atoms with Crippen molar-refractivity contribution in [3.63, 3.8) is 0 Å². The molecule has 2 atom stereocenters. The molecule has 5 heteroatoms. The van der Waals surface area contributed by atoms with Crippen LogP contribution >= 0.6 is 0 Å². The zero-order valence-corrected chi connectivity index (χ0v) is 9.46. The van der Waals surface area contributed by atoms with Crippen LogP contribution in [0.4, 0.5) is 4.79 Å². The number of nitrogens with one attached hydrogen (secondary N) is 3. The zero-order chi connectivity index (χ0) is 11.8. The second kappa shape index (κ2) is 7.00. The van der Waals surface area contributed by atoms with Gasteiger partial charge in [0.15, 0.2) is 0 Å². The lowest BCUT2D eigenvalue weighted by Crippen LogP contribution is -2.49. The van der Waals surface area contributed by atoms with E-state index in [9.17, 15) is 9.59 Å². The number of rotatable bonds is 5. The van der Waals surface area contributed by atoms with Crippen LogP contribution in [0.3, 0.4) is 0 Å². The van der Waals surface area contributed by atoms with Crippen LogP contribution in [-0.2, 0) is 4.79 Å². The number of carbonyl (C=O) groups excluding carboxylic acids is 2. The van der Waals surface area contributed by atoms with Gasteiger partial charge in [-0.3, -0.25) is 10.1 Å². The third-order valence-corrected chi connectivity index (χ3v) is 1.91. The lowest BCUT2D eigenvalue weighted by Gasteiger charge is -2.17. The normalized spacial score (nSPS) is 13.8. The first kappa shape index (κ1) is 13.6. The highest BCUT2D eigenvalue weighted by Crippen LogP contribution is 1.93. The van der Waals surface area contributed by atoms with Gasteiger partial charge < -0.3 is 10.6 Å². The predicted molar refractivity (Wildman–Crippen MR) is 59.5 cm³/mol. The standard InChI is InChI=1S/C10H19N3O2/c1-5-6-7(2)12-8(3)9(14)13-10(15)11-4/h5,7-8,12H,1,6H2,2-4H3,(H2,11,13,14,15). The molecule has 0 saturated heterocycles. The van der Waals surface area contributed by atoms with Gasteiger partial charge in [-0.15, -0.1) is 6.58 Å². The van der Waals surface area contributed by atoms with Crippen molar-refractivity contribution >= 4 is 11.9 Å². The second-order valence-corrected chi connectivity index (χ2v) is 3.38. The maximum absolute atomic E-state index is 11.4. The number of amides is 3. The summed E-state index contributed by atoms with van der Waals surface area (Å²) in [7, 11) is 1.46. The van der Waals surface area contributed by atoms with Gasteiger partial charge in [-0.2, -0.15) is 0 Å². The number of hydrogen-bond acceptors (Lipinski definition) is 3. The minimum absolute atomic E-state index is 0.160. The summed E-state index contributed by atoms with van der Waals surface area (Å²) in [5.41, 5.74) is 0. The molecule has 86 valence electrons. The Morgan fingerprint density at radius 3 is 2.47 bits per heavy atom. The summed E-state index contributed by atoms with van der Waals surface area (Å²) in [5.74, 6) is -0.342. The molecule has 0 aromatic carbocycles. The average molecular weight is 213 g/mol. The Bertz CT molecular complexity index is 241. The van der Waals surface area contributed by atoms with E-state index in [1.54, 1.807) is 13.0 Å². The Hall–Kier alpha value is -1.36. The topological polar surface area (TPSA) is 70.2 Å². The van der Waals surface area contributed by atoms with Crippen molar-refractivity contribution in [1.82, 2.24) is 16.0 Å². The van der Waals surface area contributed by atoms with Gasteiger partial charge in [0.1, 0.15) is 0 Å². The smallest absolute Gasteiger partial charge is 0.321 e. The number of carbonyl (C=O) groups is 2. The molecule has 3 amide bonds. The Labute approximate surface area is 90.3 Å². The largest absolute Gasteiger partial charge is 0.341 e. The van der Waals surface area contributed by atoms with Gasteiger partial charge in [0, 0.05) is 13.1 Å². The van der Waals surface area contributed by atoms with E-state index in [0.29, 0.717) is 0 Å². The fraction of sp³-hybridized carbons (Fsp3) is 0.600. The van der Waals surface area contributed by atoms with Gasteiger partial charge in [-0.05, 0) is 20.3 Å². The van der Waals surface area contributed by atoms with Crippen LogP contribution in [-0.4, -0.2) is 31.1 Å². The maximum Gasteiger partial charge on any atom is 0.321 e. The summed E-state index contributed by atoms with van der Waals surface area (Å²) >= 11 is 0. The summed E-state index contributed by atoms with van der Waals surface area (Å²) in [4.78, 5) is 22.2. The van der Waals surface area contributed by atoms with E-state index < -0.39 is 12.1 Å². The van der Waals surface area contributed by atoms with Gasteiger partial charge in [0.05, 0.1) is 6.04 Å². The molecule has 0 rings (SSSR count). The van der Waals surface area contributed by atoms with E-state index in [1.807, 2.05) is 6.92 Å². The highest BCUT2D eigenvalue weighted by molar-refractivity contribution is 5.96. The van der Waals surface area contributed by atoms with Crippen molar-refractivity contribution in [2.24, 2.45) is 0 Å². The van der Waals surface area contributed by atoms with Crippen molar-refractivity contribution in [3.05, 3.63) is 12.7 Å². The van der Waals surface area contributed by atoms with Gasteiger partial charge in [0.25, 0.3) is 0 Å². The fourth-order valence-electron chi connectivity index (χ4n) is 1.10. The van der Waals surface area contributed by atoms with Crippen LogP contribution in [0.2, 0.25) is 0 Å². The van der Waals surface area contributed by atoms with Gasteiger partial charge in [-0.25, -0.2) is 4.79 Å². The lowest BCUT2D eigenvalue weighted by molar-refractivity contribution is -0.121. The molecular formula is C10H19N3O2. The first-order valence-corrected chi connectivity index (χ1v) is 4.90. The third-order valence-electron chi connectivity index (χ3n) is 1.91. The zero-order valence-electron chi connectivity index (χ0n) is 9.46. The first-order valence-electron chi connectivity index (χ1n) is 4.90. The van der Waals surface area contributed by atoms with Crippen molar-refractivity contribution in [1.29, 1.82) is 0 Å². The highest BCUT2D eigenvalue weighted by atomic mass is 16.2. The number of imide groups is 1. The predicted octanol–water partition coefficient (Wildman–Crippen LogP) is 0.385. The second-order valence-electron chi connectivity index (χ2n) is 3.38. The van der Waals surface area contributed by atoms with E-state index >= 15 is 0 Å². The quantitative estimate of drug-likeness (QED) is 0.578. The summed E-state index contributed by atoms with van der Waals surface area (Å²) < 4.78 is 0. The van der Waals surface area contributed by atoms with E-state index in [0.717, 1.165) is 6.42 Å². The molecule has 0 bridgehead atoms. The number of hydrogen-bond donors (Lipinski definition) is 3. The first-order chi connectivity index (χ1) is 7.01. The van der Waals surface area contributed by atoms with Crippen LogP contribution in [0, 0.1) is 0 Å². The maximum atomic E-state index is 11.4. The molecule has 0 fully saturated rings. The summed E-state index contributed by atoms with van der Waals surface area (Å²) in [6.07, 6.45) is 2.55. The molecule has 0 saturated carbocycles. The summed E-state index contributed by atoms with van der Waals surface area (Å²) in [6.45, 7) is 7.27. The fourth-order valence-corrected chi connectivity index (χ4v) is 1.10. The van der Waals surface area contributed by atoms with Crippen molar-refractivity contribution in [3.8, 4) is 0 Å². The Balaban J connectivity index is 3.98. The minimum atomic E-state index is -0.495. The van der Waals surface area contributed by atoms with E-state index in [4.69, 9.17) is 0 Å². The average Bonchev–Trinajstić information content (AvgIpc) is 2.17. The molecule has 0 aromatic rings. The Kier molecular flexibility index (Phi) is 6.37. The summed E-state index contributed by atoms with van der Waals surface area (Å²) in [6, 6.07) is -0.741. The SMILES string of the molecule is C=CCC(C)NC(C)C(=O)NC(=O)NC. The molecule has 2 unspecified atom stereocenters. The molecular weight excluding hydrogens is 194 g/mol. The Morgan fingerprint density at radius 2 is 2.00 bits per heavy atom. The highest BCUT2D eigenvalue weighted by Gasteiger charge is 2.16. The van der Waals surface area contributed by atoms with Gasteiger partial charge in [0.2, 0.25) is 5.91 Å². The number of urea groups is 1. The molecule has 0 spiro atoms. The molecule has 0 heterocycles. The van der Waals surface area contributed by atoms with E-state index in [-0.39, 0.29) is 11.9 Å². The third kappa shape index (κ3) is 5.85. The molecule has 0 aromatic heterocycles. The van der Waals surface area contributed by atoms with Gasteiger partial charge in [-0.1, -0.05) is 6.08 Å². The molecule has 5 nitrogen and oxygen atoms in total. The van der Waals surface area contributed by atoms with E-state index in [2.05, 4.69) is 22.5 Å². The Morgan fingerprint density at radius 1 is 1.40 bits per heavy atom.